The van der Waals surface area contributed by atoms with Gasteiger partial charge in [0.1, 0.15) is 11.4 Å². The third-order valence-electron chi connectivity index (χ3n) is 6.68. The van der Waals surface area contributed by atoms with Gasteiger partial charge in [0.25, 0.3) is 0 Å². The largest absolute Gasteiger partial charge is 0.396 e. The van der Waals surface area contributed by atoms with Gasteiger partial charge in [-0.05, 0) is 73.5 Å². The van der Waals surface area contributed by atoms with Crippen LogP contribution >= 0.6 is 34.0 Å². The minimum absolute atomic E-state index is 0.396. The van der Waals surface area contributed by atoms with Crippen LogP contribution < -0.4 is 11.5 Å². The Morgan fingerprint density at radius 1 is 0.698 bits per heavy atom. The topological polar surface area (TPSA) is 124 Å². The molecule has 0 saturated heterocycles. The number of hydrogen-bond donors (Lipinski definition) is 2. The first-order valence-corrected chi connectivity index (χ1v) is 15.9. The van der Waals surface area contributed by atoms with Crippen LogP contribution in [0.4, 0.5) is 22.7 Å². The van der Waals surface area contributed by atoms with Gasteiger partial charge >= 0.3 is 0 Å². The fraction of sp³-hybridized carbons (Fsp3) is 0.0625. The molecule has 0 bridgehead atoms. The fourth-order valence-electron chi connectivity index (χ4n) is 4.59. The molecule has 0 aliphatic carbocycles. The van der Waals surface area contributed by atoms with E-state index in [0.29, 0.717) is 45.0 Å². The summed E-state index contributed by atoms with van der Waals surface area (Å²) in [5.41, 5.74) is 18.6. The summed E-state index contributed by atoms with van der Waals surface area (Å²) in [6, 6.07) is 23.6. The van der Waals surface area contributed by atoms with Crippen LogP contribution in [0.2, 0.25) is 0 Å². The van der Waals surface area contributed by atoms with Crippen molar-refractivity contribution in [3.8, 4) is 31.6 Å². The molecule has 0 amide bonds. The van der Waals surface area contributed by atoms with E-state index in [1.165, 1.54) is 0 Å². The van der Waals surface area contributed by atoms with E-state index in [9.17, 15) is 10.5 Å². The van der Waals surface area contributed by atoms with Crippen molar-refractivity contribution >= 4 is 105 Å². The molecule has 11 heteroatoms. The third kappa shape index (κ3) is 6.09. The molecule has 5 aromatic rings. The summed E-state index contributed by atoms with van der Waals surface area (Å²) in [4.78, 5) is 6.48. The highest BCUT2D eigenvalue weighted by atomic mass is 32.1. The summed E-state index contributed by atoms with van der Waals surface area (Å²) in [5, 5.41) is 19.8. The molecule has 2 aromatic carbocycles. The molecule has 0 aliphatic rings. The number of nitrogen functional groups attached to an aromatic ring is 2. The number of nitrogens with zero attached hydrogens (tertiary/aromatic N) is 4. The zero-order valence-electron chi connectivity index (χ0n) is 22.9. The van der Waals surface area contributed by atoms with Gasteiger partial charge in [-0.1, -0.05) is 24.3 Å². The molecule has 210 valence electrons. The molecule has 0 fully saturated rings. The van der Waals surface area contributed by atoms with E-state index in [1.807, 2.05) is 12.2 Å². The SMILES string of the molecule is Cc1cc(/C=C(\C#N)c2cccc(N=S)c2N)sc1-c1ccc(-c2sc(/C=C(\C#N)c3cccc(N=S)c3N)cc2C)s1. The van der Waals surface area contributed by atoms with E-state index in [0.717, 1.165) is 40.4 Å². The third-order valence-corrected chi connectivity index (χ3v) is 10.9. The van der Waals surface area contributed by atoms with E-state index in [-0.39, 0.29) is 0 Å². The van der Waals surface area contributed by atoms with Crippen molar-refractivity contribution in [2.45, 2.75) is 13.8 Å². The van der Waals surface area contributed by atoms with Crippen LogP contribution in [0.15, 0.2) is 69.4 Å². The maximum Gasteiger partial charge on any atom is 0.100 e. The van der Waals surface area contributed by atoms with Crippen molar-refractivity contribution in [3.05, 3.63) is 92.7 Å². The quantitative estimate of drug-likeness (QED) is 0.127. The molecule has 0 atom stereocenters. The number of benzene rings is 2. The number of thiophene rings is 3. The predicted molar refractivity (Wildman–Crippen MR) is 188 cm³/mol. The molecule has 0 saturated carbocycles. The monoisotopic (exact) mass is 650 g/mol. The average molecular weight is 651 g/mol. The lowest BCUT2D eigenvalue weighted by molar-refractivity contribution is 1.50. The Labute approximate surface area is 272 Å². The van der Waals surface area contributed by atoms with Crippen molar-refractivity contribution in [2.75, 3.05) is 11.5 Å². The lowest BCUT2D eigenvalue weighted by Gasteiger charge is -2.05. The predicted octanol–water partition coefficient (Wildman–Crippen LogP) is 9.84. The number of para-hydroxylation sites is 2. The number of allylic oxidation sites excluding steroid dienone is 2. The molecule has 0 radical (unpaired) electrons. The summed E-state index contributed by atoms with van der Waals surface area (Å²) in [5.74, 6) is 0. The highest BCUT2D eigenvalue weighted by Crippen LogP contribution is 2.44. The zero-order valence-corrected chi connectivity index (χ0v) is 27.0. The van der Waals surface area contributed by atoms with Crippen LogP contribution in [0.1, 0.15) is 32.0 Å². The van der Waals surface area contributed by atoms with Gasteiger partial charge in [-0.3, -0.25) is 0 Å². The Morgan fingerprint density at radius 2 is 1.12 bits per heavy atom. The molecule has 0 unspecified atom stereocenters. The first-order valence-electron chi connectivity index (χ1n) is 12.8. The van der Waals surface area contributed by atoms with Gasteiger partial charge < -0.3 is 11.5 Å². The fourth-order valence-corrected chi connectivity index (χ4v) is 8.50. The first kappa shape index (κ1) is 30.1. The smallest absolute Gasteiger partial charge is 0.100 e. The van der Waals surface area contributed by atoms with Gasteiger partial charge in [0.05, 0.1) is 34.7 Å². The Balaban J connectivity index is 1.45. The van der Waals surface area contributed by atoms with Crippen LogP contribution in [-0.2, 0) is 24.9 Å². The zero-order chi connectivity index (χ0) is 30.7. The van der Waals surface area contributed by atoms with Gasteiger partial charge in [-0.15, -0.1) is 34.0 Å². The molecule has 3 heterocycles. The lowest BCUT2D eigenvalue weighted by atomic mass is 10.0. The maximum atomic E-state index is 9.89. The second kappa shape index (κ2) is 12.9. The Morgan fingerprint density at radius 3 is 1.49 bits per heavy atom. The van der Waals surface area contributed by atoms with Crippen LogP contribution in [0.25, 0.3) is 42.8 Å². The molecular weight excluding hydrogens is 629 g/mol. The number of rotatable bonds is 8. The van der Waals surface area contributed by atoms with E-state index < -0.39 is 0 Å². The molecule has 4 N–H and O–H groups in total. The summed E-state index contributed by atoms with van der Waals surface area (Å²) >= 11 is 14.6. The average Bonchev–Trinajstić information content (AvgIpc) is 3.73. The molecule has 0 spiro atoms. The highest BCUT2D eigenvalue weighted by molar-refractivity contribution is 7.47. The number of nitrogens with two attached hydrogens (primary N) is 2. The number of anilines is 2. The molecule has 3 aromatic heterocycles. The van der Waals surface area contributed by atoms with Crippen molar-refractivity contribution in [2.24, 2.45) is 8.73 Å². The number of aryl methyl sites for hydroxylation is 2. The Bertz CT molecular complexity index is 1900. The van der Waals surface area contributed by atoms with Crippen LogP contribution in [0, 0.1) is 36.5 Å². The minimum Gasteiger partial charge on any atom is -0.396 e. The number of nitriles is 2. The molecule has 5 rings (SSSR count). The summed E-state index contributed by atoms with van der Waals surface area (Å²) in [7, 11) is 0. The van der Waals surface area contributed by atoms with E-state index in [2.05, 4.69) is 59.0 Å². The summed E-state index contributed by atoms with van der Waals surface area (Å²) in [6.45, 7) is 4.14. The highest BCUT2D eigenvalue weighted by Gasteiger charge is 2.16. The van der Waals surface area contributed by atoms with Crippen molar-refractivity contribution in [1.29, 1.82) is 10.5 Å². The standard InChI is InChI=1S/C32H22N6S5/c1-17-11-21(13-19(15-33)23-5-3-7-25(37-39)29(23)35)41-31(17)27-9-10-28(43-27)32-18(2)12-22(42-32)14-20(16-34)24-6-4-8-26(38-40)30(24)36/h3-14H,35-36H2,1-2H3/b19-13+,20-14+. The Kier molecular flexibility index (Phi) is 9.02. The van der Waals surface area contributed by atoms with Gasteiger partial charge in [-0.25, -0.2) is 0 Å². The molecule has 6 nitrogen and oxygen atoms in total. The van der Waals surface area contributed by atoms with Crippen LogP contribution in [-0.4, -0.2) is 0 Å². The van der Waals surface area contributed by atoms with E-state index >= 15 is 0 Å². The normalized spacial score (nSPS) is 11.6. The summed E-state index contributed by atoms with van der Waals surface area (Å²) in [6.07, 6.45) is 3.71. The minimum atomic E-state index is 0.396. The van der Waals surface area contributed by atoms with Crippen molar-refractivity contribution in [3.63, 3.8) is 0 Å². The molecular formula is C32H22N6S5. The molecule has 0 aliphatic heterocycles. The maximum absolute atomic E-state index is 9.89. The van der Waals surface area contributed by atoms with E-state index in [4.69, 9.17) is 36.3 Å². The molecule has 43 heavy (non-hydrogen) atoms. The van der Waals surface area contributed by atoms with Gasteiger partial charge in [0.15, 0.2) is 0 Å². The second-order valence-electron chi connectivity index (χ2n) is 9.48. The number of hydrogen-bond acceptors (Lipinski definition) is 11. The van der Waals surface area contributed by atoms with Crippen molar-refractivity contribution in [1.82, 2.24) is 0 Å². The summed E-state index contributed by atoms with van der Waals surface area (Å²) < 4.78 is 7.57. The van der Waals surface area contributed by atoms with Crippen LogP contribution in [0.5, 0.6) is 0 Å². The first-order chi connectivity index (χ1) is 20.8. The second-order valence-corrected chi connectivity index (χ2v) is 13.1. The van der Waals surface area contributed by atoms with E-state index in [1.54, 1.807) is 70.4 Å². The van der Waals surface area contributed by atoms with Crippen molar-refractivity contribution < 1.29 is 0 Å². The van der Waals surface area contributed by atoms with Crippen LogP contribution in [0.3, 0.4) is 0 Å². The van der Waals surface area contributed by atoms with Gasteiger partial charge in [-0.2, -0.15) is 19.2 Å². The van der Waals surface area contributed by atoms with Gasteiger partial charge in [0, 0.05) is 65.2 Å². The lowest BCUT2D eigenvalue weighted by Crippen LogP contribution is -1.93. The van der Waals surface area contributed by atoms with Gasteiger partial charge in [0.2, 0.25) is 0 Å². The Hall–Kier alpha value is -4.36.